The SMILES string of the molecule is COc1ccnc(Nc2nc3c(s2)CCN(Cc2cnn(C4CC4)c2)c2[nH]ncc2-3)n1. The summed E-state index contributed by atoms with van der Waals surface area (Å²) in [5.74, 6) is 1.96. The quantitative estimate of drug-likeness (QED) is 0.475. The maximum atomic E-state index is 5.17. The van der Waals surface area contributed by atoms with Gasteiger partial charge in [0.15, 0.2) is 5.13 Å². The van der Waals surface area contributed by atoms with Gasteiger partial charge in [-0.25, -0.2) is 9.97 Å². The van der Waals surface area contributed by atoms with Crippen molar-refractivity contribution in [2.45, 2.75) is 31.8 Å². The van der Waals surface area contributed by atoms with Gasteiger partial charge in [-0.15, -0.1) is 11.3 Å². The molecule has 0 aromatic carbocycles. The van der Waals surface area contributed by atoms with E-state index in [1.54, 1.807) is 30.7 Å². The number of aromatic amines is 1. The number of hydrogen-bond acceptors (Lipinski definition) is 9. The molecule has 2 N–H and O–H groups in total. The van der Waals surface area contributed by atoms with Gasteiger partial charge in [-0.3, -0.25) is 15.1 Å². The summed E-state index contributed by atoms with van der Waals surface area (Å²) in [6.45, 7) is 1.66. The number of anilines is 3. The van der Waals surface area contributed by atoms with Crippen molar-refractivity contribution in [2.24, 2.45) is 0 Å². The van der Waals surface area contributed by atoms with Crippen LogP contribution in [0.2, 0.25) is 0 Å². The highest BCUT2D eigenvalue weighted by Gasteiger charge is 2.27. The van der Waals surface area contributed by atoms with E-state index in [0.717, 1.165) is 41.7 Å². The van der Waals surface area contributed by atoms with Crippen LogP contribution in [0.4, 0.5) is 16.9 Å². The van der Waals surface area contributed by atoms with Crippen LogP contribution < -0.4 is 15.0 Å². The molecule has 158 valence electrons. The molecule has 0 amide bonds. The number of nitrogens with one attached hydrogen (secondary N) is 2. The van der Waals surface area contributed by atoms with E-state index in [1.807, 2.05) is 12.4 Å². The molecule has 4 aromatic rings. The summed E-state index contributed by atoms with van der Waals surface area (Å²) < 4.78 is 7.27. The number of fused-ring (bicyclic) bond motifs is 3. The molecule has 11 heteroatoms. The van der Waals surface area contributed by atoms with Gasteiger partial charge in [0.25, 0.3) is 0 Å². The Labute approximate surface area is 182 Å². The van der Waals surface area contributed by atoms with Crippen LogP contribution in [0.3, 0.4) is 0 Å². The largest absolute Gasteiger partial charge is 0.481 e. The van der Waals surface area contributed by atoms with Crippen LogP contribution in [0, 0.1) is 0 Å². The average Bonchev–Trinajstić information content (AvgIpc) is 3.20. The van der Waals surface area contributed by atoms with Crippen molar-refractivity contribution in [1.29, 1.82) is 0 Å². The van der Waals surface area contributed by atoms with E-state index < -0.39 is 0 Å². The molecule has 0 atom stereocenters. The van der Waals surface area contributed by atoms with E-state index in [2.05, 4.69) is 46.4 Å². The fourth-order valence-corrected chi connectivity index (χ4v) is 4.77. The van der Waals surface area contributed by atoms with Gasteiger partial charge in [-0.05, 0) is 12.8 Å². The minimum Gasteiger partial charge on any atom is -0.481 e. The zero-order chi connectivity index (χ0) is 20.8. The lowest BCUT2D eigenvalue weighted by Gasteiger charge is -2.21. The molecule has 5 heterocycles. The number of rotatable bonds is 6. The Morgan fingerprint density at radius 1 is 1.29 bits per heavy atom. The van der Waals surface area contributed by atoms with E-state index in [4.69, 9.17) is 9.72 Å². The van der Waals surface area contributed by atoms with Crippen LogP contribution in [0.1, 0.15) is 29.3 Å². The molecule has 6 rings (SSSR count). The van der Waals surface area contributed by atoms with Gasteiger partial charge in [-0.1, -0.05) is 0 Å². The van der Waals surface area contributed by atoms with Gasteiger partial charge >= 0.3 is 0 Å². The summed E-state index contributed by atoms with van der Waals surface area (Å²) in [6, 6.07) is 2.31. The van der Waals surface area contributed by atoms with E-state index in [9.17, 15) is 0 Å². The van der Waals surface area contributed by atoms with Crippen LogP contribution in [-0.4, -0.2) is 48.6 Å². The monoisotopic (exact) mass is 435 g/mol. The van der Waals surface area contributed by atoms with E-state index in [-0.39, 0.29) is 0 Å². The Morgan fingerprint density at radius 2 is 2.23 bits per heavy atom. The Kier molecular flexibility index (Phi) is 4.34. The highest BCUT2D eigenvalue weighted by Crippen LogP contribution is 2.40. The summed E-state index contributed by atoms with van der Waals surface area (Å²) in [4.78, 5) is 16.9. The number of ether oxygens (including phenoxy) is 1. The molecule has 0 unspecified atom stereocenters. The van der Waals surface area contributed by atoms with Crippen molar-refractivity contribution in [3.8, 4) is 17.1 Å². The predicted octanol–water partition coefficient (Wildman–Crippen LogP) is 3.17. The second-order valence-electron chi connectivity index (χ2n) is 7.70. The summed E-state index contributed by atoms with van der Waals surface area (Å²) in [5.41, 5.74) is 3.18. The second kappa shape index (κ2) is 7.34. The fraction of sp³-hybridized carbons (Fsp3) is 0.350. The molecule has 0 radical (unpaired) electrons. The summed E-state index contributed by atoms with van der Waals surface area (Å²) in [5, 5.41) is 16.0. The molecule has 1 saturated carbocycles. The molecule has 1 aliphatic carbocycles. The van der Waals surface area contributed by atoms with Crippen molar-refractivity contribution in [3.63, 3.8) is 0 Å². The number of thiazole rings is 1. The standard InChI is InChI=1S/C20H21N9OS/c1-30-16-4-6-21-19(24-16)26-20-25-17-14-9-22-27-18(14)28(7-5-15(17)31-20)10-12-8-23-29(11-12)13-2-3-13/h4,6,8-9,11,13H,2-3,5,7,10H2,1H3,(H,22,27)(H,21,24,25,26). The third kappa shape index (κ3) is 3.50. The first kappa shape index (κ1) is 18.3. The van der Waals surface area contributed by atoms with Gasteiger partial charge in [-0.2, -0.15) is 15.2 Å². The molecule has 31 heavy (non-hydrogen) atoms. The number of nitrogens with zero attached hydrogens (tertiary/aromatic N) is 7. The molecule has 0 bridgehead atoms. The molecule has 4 aromatic heterocycles. The third-order valence-corrected chi connectivity index (χ3v) is 6.53. The molecule has 2 aliphatic rings. The van der Waals surface area contributed by atoms with Gasteiger partial charge < -0.3 is 9.64 Å². The van der Waals surface area contributed by atoms with Crippen LogP contribution in [0.25, 0.3) is 11.3 Å². The van der Waals surface area contributed by atoms with Crippen molar-refractivity contribution in [1.82, 2.24) is 34.9 Å². The first-order chi connectivity index (χ1) is 15.3. The summed E-state index contributed by atoms with van der Waals surface area (Å²) >= 11 is 1.62. The van der Waals surface area contributed by atoms with Gasteiger partial charge in [0, 0.05) is 48.4 Å². The van der Waals surface area contributed by atoms with Crippen molar-refractivity contribution < 1.29 is 4.74 Å². The van der Waals surface area contributed by atoms with E-state index >= 15 is 0 Å². The minimum atomic E-state index is 0.463. The van der Waals surface area contributed by atoms with E-state index in [0.29, 0.717) is 17.9 Å². The van der Waals surface area contributed by atoms with Crippen molar-refractivity contribution in [2.75, 3.05) is 23.9 Å². The maximum absolute atomic E-state index is 5.17. The minimum absolute atomic E-state index is 0.463. The van der Waals surface area contributed by atoms with Gasteiger partial charge in [0.2, 0.25) is 11.8 Å². The Hall–Kier alpha value is -3.47. The van der Waals surface area contributed by atoms with Crippen LogP contribution in [0.5, 0.6) is 5.88 Å². The normalized spacial score (nSPS) is 15.3. The fourth-order valence-electron chi connectivity index (χ4n) is 3.82. The first-order valence-corrected chi connectivity index (χ1v) is 11.0. The van der Waals surface area contributed by atoms with Gasteiger partial charge in [0.05, 0.1) is 36.8 Å². The highest BCUT2D eigenvalue weighted by molar-refractivity contribution is 7.16. The lowest BCUT2D eigenvalue weighted by atomic mass is 10.2. The predicted molar refractivity (Wildman–Crippen MR) is 117 cm³/mol. The zero-order valence-corrected chi connectivity index (χ0v) is 17.8. The summed E-state index contributed by atoms with van der Waals surface area (Å²) in [7, 11) is 1.58. The number of H-pyrrole nitrogens is 1. The lowest BCUT2D eigenvalue weighted by molar-refractivity contribution is 0.397. The molecular weight excluding hydrogens is 414 g/mol. The number of aromatic nitrogens is 7. The first-order valence-electron chi connectivity index (χ1n) is 10.2. The van der Waals surface area contributed by atoms with Crippen LogP contribution in [0.15, 0.2) is 30.9 Å². The number of methoxy groups -OCH3 is 1. The maximum Gasteiger partial charge on any atom is 0.232 e. The molecule has 0 spiro atoms. The topological polar surface area (TPSA) is 110 Å². The average molecular weight is 436 g/mol. The van der Waals surface area contributed by atoms with Crippen LogP contribution in [-0.2, 0) is 13.0 Å². The van der Waals surface area contributed by atoms with Crippen LogP contribution >= 0.6 is 11.3 Å². The molecule has 1 aliphatic heterocycles. The van der Waals surface area contributed by atoms with Gasteiger partial charge in [0.1, 0.15) is 5.82 Å². The molecular formula is C20H21N9OS. The Balaban J connectivity index is 1.25. The lowest BCUT2D eigenvalue weighted by Crippen LogP contribution is -2.24. The Bertz CT molecular complexity index is 1220. The highest BCUT2D eigenvalue weighted by atomic mass is 32.1. The Morgan fingerprint density at radius 3 is 3.10 bits per heavy atom. The number of hydrogen-bond donors (Lipinski definition) is 2. The molecule has 1 fully saturated rings. The molecule has 0 saturated heterocycles. The second-order valence-corrected chi connectivity index (χ2v) is 8.79. The van der Waals surface area contributed by atoms with Crippen molar-refractivity contribution >= 4 is 28.2 Å². The van der Waals surface area contributed by atoms with Crippen molar-refractivity contribution in [3.05, 3.63) is 41.3 Å². The summed E-state index contributed by atoms with van der Waals surface area (Å²) in [6.07, 6.45) is 11.0. The third-order valence-electron chi connectivity index (χ3n) is 5.50. The molecule has 10 nitrogen and oxygen atoms in total. The van der Waals surface area contributed by atoms with E-state index in [1.165, 1.54) is 23.3 Å². The smallest absolute Gasteiger partial charge is 0.232 e. The zero-order valence-electron chi connectivity index (χ0n) is 16.9.